The smallest absolute Gasteiger partial charge is 0.433 e. The molecule has 4 heterocycles. The first-order chi connectivity index (χ1) is 18.4. The molecule has 0 bridgehead atoms. The Labute approximate surface area is 216 Å². The average molecular weight is 548 g/mol. The van der Waals surface area contributed by atoms with Crippen LogP contribution >= 0.6 is 0 Å². The van der Waals surface area contributed by atoms with Gasteiger partial charge in [0.1, 0.15) is 17.6 Å². The lowest BCUT2D eigenvalue weighted by Gasteiger charge is -2.15. The number of nitrogens with one attached hydrogen (secondary N) is 2. The molecule has 0 saturated heterocycles. The molecule has 4 aromatic rings. The zero-order chi connectivity index (χ0) is 28.3. The number of pyridine rings is 3. The number of amides is 2. The van der Waals surface area contributed by atoms with Gasteiger partial charge in [-0.3, -0.25) is 20.1 Å². The fraction of sp³-hybridized carbons (Fsp3) is 0.174. The summed E-state index contributed by atoms with van der Waals surface area (Å²) in [4.78, 5) is 35.4. The van der Waals surface area contributed by atoms with E-state index in [9.17, 15) is 31.5 Å². The molecule has 0 aromatic carbocycles. The van der Waals surface area contributed by atoms with Crippen LogP contribution in [0.4, 0.5) is 38.3 Å². The number of aryl methyl sites for hydroxylation is 1. The Bertz CT molecular complexity index is 1510. The fourth-order valence-electron chi connectivity index (χ4n) is 3.25. The molecular formula is C23H17F5N8O3. The van der Waals surface area contributed by atoms with E-state index < -0.39 is 41.7 Å². The molecule has 39 heavy (non-hydrogen) atoms. The molecule has 0 aliphatic rings. The van der Waals surface area contributed by atoms with Crippen LogP contribution in [-0.4, -0.2) is 41.9 Å². The first-order valence-electron chi connectivity index (χ1n) is 10.9. The number of hydrogen-bond acceptors (Lipinski definition) is 8. The molecule has 0 radical (unpaired) electrons. The third kappa shape index (κ3) is 6.28. The molecule has 0 unspecified atom stereocenters. The minimum absolute atomic E-state index is 0.0603. The number of rotatable bonds is 6. The SMILES string of the molecule is C[C@@H](OC(=O)Nc1c(-c2ccc(NC(=O)c3ccc(C(F)(F)F)nc3)cn2)nnn1C)c1cc(F)cnc1F. The predicted octanol–water partition coefficient (Wildman–Crippen LogP) is 4.53. The minimum Gasteiger partial charge on any atom is -0.441 e. The van der Waals surface area contributed by atoms with E-state index in [1.54, 1.807) is 0 Å². The maximum absolute atomic E-state index is 13.9. The lowest BCUT2D eigenvalue weighted by atomic mass is 10.2. The van der Waals surface area contributed by atoms with E-state index in [0.29, 0.717) is 12.3 Å². The molecule has 4 aromatic heterocycles. The van der Waals surface area contributed by atoms with E-state index in [1.165, 1.54) is 37.0 Å². The Kier molecular flexibility index (Phi) is 7.46. The quantitative estimate of drug-likeness (QED) is 0.265. The molecule has 16 heteroatoms. The second kappa shape index (κ2) is 10.8. The largest absolute Gasteiger partial charge is 0.441 e. The van der Waals surface area contributed by atoms with Gasteiger partial charge in [-0.05, 0) is 37.3 Å². The minimum atomic E-state index is -4.63. The number of anilines is 2. The Hall–Kier alpha value is -5.02. The molecule has 0 spiro atoms. The zero-order valence-corrected chi connectivity index (χ0v) is 20.0. The second-order valence-electron chi connectivity index (χ2n) is 7.93. The summed E-state index contributed by atoms with van der Waals surface area (Å²) in [6.07, 6.45) is -4.09. The van der Waals surface area contributed by atoms with Crippen molar-refractivity contribution in [1.82, 2.24) is 29.9 Å². The molecule has 2 N–H and O–H groups in total. The van der Waals surface area contributed by atoms with Gasteiger partial charge in [0, 0.05) is 13.2 Å². The second-order valence-corrected chi connectivity index (χ2v) is 7.93. The number of carbonyl (C=O) groups is 2. The van der Waals surface area contributed by atoms with Crippen LogP contribution in [0.2, 0.25) is 0 Å². The third-order valence-corrected chi connectivity index (χ3v) is 5.18. The van der Waals surface area contributed by atoms with Crippen molar-refractivity contribution < 1.29 is 36.3 Å². The highest BCUT2D eigenvalue weighted by Crippen LogP contribution is 2.28. The maximum atomic E-state index is 13.9. The fourth-order valence-corrected chi connectivity index (χ4v) is 3.25. The number of hydrogen-bond donors (Lipinski definition) is 2. The number of halogens is 5. The van der Waals surface area contributed by atoms with Crippen molar-refractivity contribution in [2.45, 2.75) is 19.2 Å². The van der Waals surface area contributed by atoms with Crippen LogP contribution < -0.4 is 10.6 Å². The van der Waals surface area contributed by atoms with Gasteiger partial charge in [0.15, 0.2) is 11.5 Å². The van der Waals surface area contributed by atoms with Crippen LogP contribution in [0.15, 0.2) is 48.9 Å². The van der Waals surface area contributed by atoms with Gasteiger partial charge in [-0.1, -0.05) is 5.21 Å². The van der Waals surface area contributed by atoms with Gasteiger partial charge in [0.25, 0.3) is 5.91 Å². The Morgan fingerprint density at radius 1 is 1.00 bits per heavy atom. The molecule has 4 rings (SSSR count). The normalized spacial score (nSPS) is 12.1. The summed E-state index contributed by atoms with van der Waals surface area (Å²) < 4.78 is 71.6. The summed E-state index contributed by atoms with van der Waals surface area (Å²) in [6, 6.07) is 5.42. The van der Waals surface area contributed by atoms with E-state index in [0.717, 1.165) is 18.3 Å². The number of ether oxygens (including phenoxy) is 1. The van der Waals surface area contributed by atoms with Gasteiger partial charge in [-0.2, -0.15) is 17.6 Å². The first-order valence-corrected chi connectivity index (χ1v) is 10.9. The van der Waals surface area contributed by atoms with Crippen LogP contribution in [0.5, 0.6) is 0 Å². The van der Waals surface area contributed by atoms with Gasteiger partial charge < -0.3 is 10.1 Å². The molecule has 0 aliphatic heterocycles. The zero-order valence-electron chi connectivity index (χ0n) is 20.0. The van der Waals surface area contributed by atoms with Crippen molar-refractivity contribution in [2.24, 2.45) is 7.05 Å². The summed E-state index contributed by atoms with van der Waals surface area (Å²) in [5.74, 6) is -2.45. The van der Waals surface area contributed by atoms with Gasteiger partial charge in [-0.15, -0.1) is 5.10 Å². The number of alkyl halides is 3. The van der Waals surface area contributed by atoms with E-state index in [4.69, 9.17) is 4.74 Å². The van der Waals surface area contributed by atoms with Crippen molar-refractivity contribution in [1.29, 1.82) is 0 Å². The van der Waals surface area contributed by atoms with Crippen molar-refractivity contribution in [3.05, 3.63) is 77.5 Å². The number of aromatic nitrogens is 6. The average Bonchev–Trinajstić information content (AvgIpc) is 3.25. The monoisotopic (exact) mass is 548 g/mol. The predicted molar refractivity (Wildman–Crippen MR) is 124 cm³/mol. The van der Waals surface area contributed by atoms with Crippen molar-refractivity contribution in [3.8, 4) is 11.4 Å². The Morgan fingerprint density at radius 3 is 2.41 bits per heavy atom. The number of carbonyl (C=O) groups excluding carboxylic acids is 2. The summed E-state index contributed by atoms with van der Waals surface area (Å²) in [6.45, 7) is 1.33. The van der Waals surface area contributed by atoms with Crippen molar-refractivity contribution >= 4 is 23.5 Å². The molecule has 1 atom stereocenters. The van der Waals surface area contributed by atoms with E-state index in [2.05, 4.69) is 35.9 Å². The van der Waals surface area contributed by atoms with Crippen LogP contribution in [0, 0.1) is 11.8 Å². The van der Waals surface area contributed by atoms with Crippen molar-refractivity contribution in [2.75, 3.05) is 10.6 Å². The molecule has 0 saturated carbocycles. The summed E-state index contributed by atoms with van der Waals surface area (Å²) in [5, 5.41) is 12.7. The lowest BCUT2D eigenvalue weighted by Crippen LogP contribution is -2.19. The topological polar surface area (TPSA) is 137 Å². The molecule has 202 valence electrons. The lowest BCUT2D eigenvalue weighted by molar-refractivity contribution is -0.141. The highest BCUT2D eigenvalue weighted by molar-refractivity contribution is 6.04. The standard InChI is InChI=1S/C23H17F5N8O3/c1-11(15-7-13(24)9-31-19(15)25)39-22(38)33-20-18(34-35-36(20)2)16-5-4-14(10-29-16)32-21(37)12-3-6-17(30-8-12)23(26,27)28/h3-11H,1-2H3,(H,32,37)(H,33,38)/t11-/m1/s1. The van der Waals surface area contributed by atoms with Gasteiger partial charge in [-0.25, -0.2) is 18.9 Å². The van der Waals surface area contributed by atoms with Gasteiger partial charge in [0.05, 0.1) is 34.9 Å². The van der Waals surface area contributed by atoms with E-state index in [-0.39, 0.29) is 34.0 Å². The van der Waals surface area contributed by atoms with Gasteiger partial charge in [0.2, 0.25) is 5.95 Å². The Morgan fingerprint density at radius 2 is 1.77 bits per heavy atom. The molecular weight excluding hydrogens is 531 g/mol. The van der Waals surface area contributed by atoms with Crippen LogP contribution in [0.3, 0.4) is 0 Å². The summed E-state index contributed by atoms with van der Waals surface area (Å²) >= 11 is 0. The highest BCUT2D eigenvalue weighted by Gasteiger charge is 2.32. The van der Waals surface area contributed by atoms with E-state index >= 15 is 0 Å². The third-order valence-electron chi connectivity index (χ3n) is 5.18. The Balaban J connectivity index is 1.43. The van der Waals surface area contributed by atoms with Gasteiger partial charge >= 0.3 is 12.3 Å². The highest BCUT2D eigenvalue weighted by atomic mass is 19.4. The molecule has 0 fully saturated rings. The van der Waals surface area contributed by atoms with E-state index in [1.807, 2.05) is 0 Å². The van der Waals surface area contributed by atoms with Crippen LogP contribution in [0.25, 0.3) is 11.4 Å². The number of nitrogens with zero attached hydrogens (tertiary/aromatic N) is 6. The maximum Gasteiger partial charge on any atom is 0.433 e. The van der Waals surface area contributed by atoms with Crippen LogP contribution in [0.1, 0.15) is 34.6 Å². The molecule has 0 aliphatic carbocycles. The molecule has 11 nitrogen and oxygen atoms in total. The van der Waals surface area contributed by atoms with Crippen molar-refractivity contribution in [3.63, 3.8) is 0 Å². The first kappa shape index (κ1) is 27.0. The van der Waals surface area contributed by atoms with Crippen LogP contribution in [-0.2, 0) is 18.0 Å². The summed E-state index contributed by atoms with van der Waals surface area (Å²) in [5.41, 5.74) is -0.948. The molecule has 2 amide bonds. The summed E-state index contributed by atoms with van der Waals surface area (Å²) in [7, 11) is 1.47.